The summed E-state index contributed by atoms with van der Waals surface area (Å²) in [6.07, 6.45) is -0.621. The third kappa shape index (κ3) is 4.06. The van der Waals surface area contributed by atoms with Crippen molar-refractivity contribution in [3.63, 3.8) is 0 Å². The van der Waals surface area contributed by atoms with Gasteiger partial charge >= 0.3 is 0 Å². The number of nitrogens with two attached hydrogens (primary N) is 1. The van der Waals surface area contributed by atoms with Crippen molar-refractivity contribution in [1.82, 2.24) is 5.06 Å². The molecule has 0 spiro atoms. The molecule has 5 nitrogen and oxygen atoms in total. The third-order valence-corrected chi connectivity index (χ3v) is 2.13. The molecular weight excluding hydrogens is 208 g/mol. The largest absolute Gasteiger partial charge is 0.489 e. The molecule has 1 rings (SSSR count). The molecule has 0 aliphatic heterocycles. The smallest absolute Gasteiger partial charge is 0.142 e. The Morgan fingerprint density at radius 2 is 2.12 bits per heavy atom. The van der Waals surface area contributed by atoms with Gasteiger partial charge in [0.1, 0.15) is 18.5 Å². The van der Waals surface area contributed by atoms with Crippen molar-refractivity contribution < 1.29 is 14.7 Å². The summed E-state index contributed by atoms with van der Waals surface area (Å²) in [7, 11) is 3.28. The van der Waals surface area contributed by atoms with Gasteiger partial charge < -0.3 is 20.4 Å². The summed E-state index contributed by atoms with van der Waals surface area (Å²) < 4.78 is 5.39. The van der Waals surface area contributed by atoms with Gasteiger partial charge in [-0.2, -0.15) is 5.06 Å². The maximum Gasteiger partial charge on any atom is 0.142 e. The standard InChI is InChI=1S/C11H18N2O3/c1-13(15-2)7-9(14)8-16-11-6-4-3-5-10(11)12/h3-6,9,14H,7-8,12H2,1-2H3. The molecule has 0 aliphatic carbocycles. The van der Waals surface area contributed by atoms with E-state index in [1.54, 1.807) is 26.3 Å². The molecule has 90 valence electrons. The molecule has 0 fully saturated rings. The molecule has 1 aromatic rings. The lowest BCUT2D eigenvalue weighted by Gasteiger charge is -2.18. The second-order valence-corrected chi connectivity index (χ2v) is 3.50. The number of aliphatic hydroxyl groups is 1. The van der Waals surface area contributed by atoms with E-state index >= 15 is 0 Å². The van der Waals surface area contributed by atoms with Crippen LogP contribution in [0.1, 0.15) is 0 Å². The van der Waals surface area contributed by atoms with Gasteiger partial charge in [0.25, 0.3) is 0 Å². The van der Waals surface area contributed by atoms with Crippen molar-refractivity contribution in [3.8, 4) is 5.75 Å². The number of likely N-dealkylation sites (N-methyl/N-ethyl adjacent to an activating group) is 1. The molecule has 0 heterocycles. The van der Waals surface area contributed by atoms with Crippen LogP contribution in [0.4, 0.5) is 5.69 Å². The van der Waals surface area contributed by atoms with Crippen LogP contribution in [0.5, 0.6) is 5.75 Å². The summed E-state index contributed by atoms with van der Waals surface area (Å²) in [6, 6.07) is 7.18. The summed E-state index contributed by atoms with van der Waals surface area (Å²) in [6.45, 7) is 0.561. The molecule has 0 saturated heterocycles. The number of hydrogen-bond acceptors (Lipinski definition) is 5. The van der Waals surface area contributed by atoms with Crippen LogP contribution in [0.25, 0.3) is 0 Å². The summed E-state index contributed by atoms with van der Waals surface area (Å²) in [4.78, 5) is 4.89. The van der Waals surface area contributed by atoms with E-state index in [2.05, 4.69) is 0 Å². The molecule has 0 aromatic heterocycles. The van der Waals surface area contributed by atoms with Gasteiger partial charge in [0.05, 0.1) is 19.3 Å². The normalized spacial score (nSPS) is 12.8. The van der Waals surface area contributed by atoms with Crippen LogP contribution in [0.2, 0.25) is 0 Å². The first-order chi connectivity index (χ1) is 7.63. The molecular formula is C11H18N2O3. The van der Waals surface area contributed by atoms with Gasteiger partial charge in [0.2, 0.25) is 0 Å². The van der Waals surface area contributed by atoms with Crippen molar-refractivity contribution in [2.45, 2.75) is 6.10 Å². The molecule has 0 bridgehead atoms. The van der Waals surface area contributed by atoms with Gasteiger partial charge in [-0.25, -0.2) is 0 Å². The number of ether oxygens (including phenoxy) is 1. The Kier molecular flexibility index (Phi) is 5.04. The maximum absolute atomic E-state index is 9.62. The van der Waals surface area contributed by atoms with E-state index in [9.17, 15) is 5.11 Å². The molecule has 0 aliphatic rings. The van der Waals surface area contributed by atoms with Crippen LogP contribution in [-0.2, 0) is 4.84 Å². The lowest BCUT2D eigenvalue weighted by atomic mass is 10.3. The minimum absolute atomic E-state index is 0.182. The molecule has 16 heavy (non-hydrogen) atoms. The summed E-state index contributed by atoms with van der Waals surface area (Å²) in [5.41, 5.74) is 6.26. The van der Waals surface area contributed by atoms with E-state index in [0.29, 0.717) is 18.0 Å². The Balaban J connectivity index is 2.37. The molecule has 1 atom stereocenters. The fourth-order valence-corrected chi connectivity index (χ4v) is 1.22. The van der Waals surface area contributed by atoms with Crippen molar-refractivity contribution in [2.75, 3.05) is 33.0 Å². The zero-order valence-corrected chi connectivity index (χ0v) is 9.59. The second kappa shape index (κ2) is 6.32. The Morgan fingerprint density at radius 1 is 1.44 bits per heavy atom. The fourth-order valence-electron chi connectivity index (χ4n) is 1.22. The van der Waals surface area contributed by atoms with Gasteiger partial charge in [-0.3, -0.25) is 0 Å². The molecule has 1 aromatic carbocycles. The van der Waals surface area contributed by atoms with E-state index < -0.39 is 6.10 Å². The molecule has 3 N–H and O–H groups in total. The number of para-hydroxylation sites is 2. The quantitative estimate of drug-likeness (QED) is 0.546. The van der Waals surface area contributed by atoms with Crippen LogP contribution in [0.15, 0.2) is 24.3 Å². The Labute approximate surface area is 95.3 Å². The highest BCUT2D eigenvalue weighted by atomic mass is 16.7. The zero-order chi connectivity index (χ0) is 12.0. The van der Waals surface area contributed by atoms with Gasteiger partial charge in [0, 0.05) is 7.05 Å². The van der Waals surface area contributed by atoms with E-state index in [0.717, 1.165) is 0 Å². The topological polar surface area (TPSA) is 68.0 Å². The van der Waals surface area contributed by atoms with Crippen LogP contribution in [0, 0.1) is 0 Å². The Morgan fingerprint density at radius 3 is 2.75 bits per heavy atom. The summed E-state index contributed by atoms with van der Waals surface area (Å²) in [5, 5.41) is 11.1. The molecule has 0 saturated carbocycles. The minimum Gasteiger partial charge on any atom is -0.489 e. The number of nitrogen functional groups attached to an aromatic ring is 1. The summed E-state index contributed by atoms with van der Waals surface area (Å²) >= 11 is 0. The van der Waals surface area contributed by atoms with E-state index in [1.165, 1.54) is 5.06 Å². The van der Waals surface area contributed by atoms with Gasteiger partial charge in [-0.1, -0.05) is 12.1 Å². The number of hydroxylamine groups is 2. The average Bonchev–Trinajstić information content (AvgIpc) is 2.28. The molecule has 1 unspecified atom stereocenters. The predicted molar refractivity (Wildman–Crippen MR) is 62.0 cm³/mol. The maximum atomic E-state index is 9.62. The highest BCUT2D eigenvalue weighted by molar-refractivity contribution is 5.51. The first-order valence-electron chi connectivity index (χ1n) is 5.04. The number of anilines is 1. The number of rotatable bonds is 6. The highest BCUT2D eigenvalue weighted by Gasteiger charge is 2.09. The number of benzene rings is 1. The number of nitrogens with zero attached hydrogens (tertiary/aromatic N) is 1. The molecule has 0 radical (unpaired) electrons. The van der Waals surface area contributed by atoms with Crippen molar-refractivity contribution in [1.29, 1.82) is 0 Å². The van der Waals surface area contributed by atoms with Crippen molar-refractivity contribution in [3.05, 3.63) is 24.3 Å². The van der Waals surface area contributed by atoms with E-state index in [1.807, 2.05) is 12.1 Å². The van der Waals surface area contributed by atoms with Gasteiger partial charge in [-0.15, -0.1) is 0 Å². The van der Waals surface area contributed by atoms with Crippen LogP contribution in [-0.4, -0.2) is 43.6 Å². The van der Waals surface area contributed by atoms with Crippen molar-refractivity contribution >= 4 is 5.69 Å². The predicted octanol–water partition coefficient (Wildman–Crippen LogP) is 0.502. The van der Waals surface area contributed by atoms with Gasteiger partial charge in [-0.05, 0) is 12.1 Å². The number of aliphatic hydroxyl groups excluding tert-OH is 1. The highest BCUT2D eigenvalue weighted by Crippen LogP contribution is 2.19. The second-order valence-electron chi connectivity index (χ2n) is 3.50. The minimum atomic E-state index is -0.621. The third-order valence-electron chi connectivity index (χ3n) is 2.13. The molecule has 0 amide bonds. The average molecular weight is 226 g/mol. The van der Waals surface area contributed by atoms with Crippen LogP contribution < -0.4 is 10.5 Å². The van der Waals surface area contributed by atoms with Crippen molar-refractivity contribution in [2.24, 2.45) is 0 Å². The monoisotopic (exact) mass is 226 g/mol. The van der Waals surface area contributed by atoms with Crippen LogP contribution in [0.3, 0.4) is 0 Å². The molecule has 5 heteroatoms. The Hall–Kier alpha value is -1.30. The lowest BCUT2D eigenvalue weighted by Crippen LogP contribution is -2.32. The van der Waals surface area contributed by atoms with Crippen LogP contribution >= 0.6 is 0 Å². The number of hydrogen-bond donors (Lipinski definition) is 2. The lowest BCUT2D eigenvalue weighted by molar-refractivity contribution is -0.130. The fraction of sp³-hybridized carbons (Fsp3) is 0.455. The van der Waals surface area contributed by atoms with E-state index in [4.69, 9.17) is 15.3 Å². The SMILES string of the molecule is CON(C)CC(O)COc1ccccc1N. The first-order valence-corrected chi connectivity index (χ1v) is 5.04. The Bertz CT molecular complexity index is 320. The first kappa shape index (κ1) is 12.8. The zero-order valence-electron chi connectivity index (χ0n) is 9.59. The van der Waals surface area contributed by atoms with Gasteiger partial charge in [0.15, 0.2) is 0 Å². The summed E-state index contributed by atoms with van der Waals surface area (Å²) in [5.74, 6) is 0.585. The van der Waals surface area contributed by atoms with E-state index in [-0.39, 0.29) is 6.61 Å².